The fourth-order valence-electron chi connectivity index (χ4n) is 5.59. The van der Waals surface area contributed by atoms with Gasteiger partial charge in [-0.05, 0) is 66.3 Å². The van der Waals surface area contributed by atoms with Gasteiger partial charge in [0.25, 0.3) is 0 Å². The third-order valence-electron chi connectivity index (χ3n) is 7.52. The van der Waals surface area contributed by atoms with Crippen molar-refractivity contribution in [1.29, 1.82) is 0 Å². The highest BCUT2D eigenvalue weighted by molar-refractivity contribution is 5.86. The lowest BCUT2D eigenvalue weighted by Gasteiger charge is -2.41. The van der Waals surface area contributed by atoms with Crippen LogP contribution in [0.5, 0.6) is 5.75 Å². The number of carbonyl (C=O) groups excluding carboxylic acids is 1. The molecule has 8 heteroatoms. The molecule has 1 N–H and O–H groups in total. The van der Waals surface area contributed by atoms with E-state index in [1.165, 1.54) is 12.5 Å². The largest absolute Gasteiger partial charge is 0.497 e. The number of fused-ring (bicyclic) bond motifs is 3. The van der Waals surface area contributed by atoms with Crippen molar-refractivity contribution >= 4 is 16.9 Å². The van der Waals surface area contributed by atoms with Gasteiger partial charge in [-0.1, -0.05) is 42.5 Å². The van der Waals surface area contributed by atoms with Gasteiger partial charge in [-0.2, -0.15) is 13.2 Å². The predicted molar refractivity (Wildman–Crippen MR) is 144 cm³/mol. The Balaban J connectivity index is 1.52. The van der Waals surface area contributed by atoms with Crippen LogP contribution in [0.2, 0.25) is 0 Å². The van der Waals surface area contributed by atoms with Gasteiger partial charge in [0.2, 0.25) is 0 Å². The van der Waals surface area contributed by atoms with Crippen molar-refractivity contribution < 1.29 is 27.4 Å². The van der Waals surface area contributed by atoms with Crippen LogP contribution in [0, 0.1) is 0 Å². The molecule has 5 nitrogen and oxygen atoms in total. The Bertz CT molecular complexity index is 1430. The van der Waals surface area contributed by atoms with Gasteiger partial charge in [-0.25, -0.2) is 0 Å². The van der Waals surface area contributed by atoms with Crippen molar-refractivity contribution in [3.05, 3.63) is 101 Å². The summed E-state index contributed by atoms with van der Waals surface area (Å²) in [4.78, 5) is 17.8. The Kier molecular flexibility index (Phi) is 7.66. The molecule has 0 fully saturated rings. The monoisotopic (exact) mass is 536 g/mol. The quantitative estimate of drug-likeness (QED) is 0.246. The number of esters is 1. The molecule has 1 aliphatic rings. The third-order valence-corrected chi connectivity index (χ3v) is 7.52. The second-order valence-corrected chi connectivity index (χ2v) is 9.89. The van der Waals surface area contributed by atoms with Crippen molar-refractivity contribution in [3.8, 4) is 5.75 Å². The van der Waals surface area contributed by atoms with Crippen LogP contribution in [-0.2, 0) is 28.5 Å². The molecule has 0 amide bonds. The summed E-state index contributed by atoms with van der Waals surface area (Å²) in [5.41, 5.74) is 4.54. The summed E-state index contributed by atoms with van der Waals surface area (Å²) in [6, 6.07) is 21.1. The number of nitrogens with one attached hydrogen (secondary N) is 1. The molecule has 4 aromatic rings. The first-order valence-corrected chi connectivity index (χ1v) is 13.0. The highest BCUT2D eigenvalue weighted by Crippen LogP contribution is 2.42. The van der Waals surface area contributed by atoms with Crippen LogP contribution in [-0.4, -0.2) is 36.1 Å². The lowest BCUT2D eigenvalue weighted by Crippen LogP contribution is -2.40. The van der Waals surface area contributed by atoms with Gasteiger partial charge in [0.05, 0.1) is 24.8 Å². The number of H-pyrrole nitrogens is 1. The molecule has 0 spiro atoms. The maximum Gasteiger partial charge on any atom is 0.416 e. The minimum absolute atomic E-state index is 0.0739. The summed E-state index contributed by atoms with van der Waals surface area (Å²) < 4.78 is 50.3. The average Bonchev–Trinajstić information content (AvgIpc) is 3.30. The molecule has 5 rings (SSSR count). The lowest BCUT2D eigenvalue weighted by atomic mass is 9.90. The summed E-state index contributed by atoms with van der Waals surface area (Å²) in [6.07, 6.45) is -2.31. The maximum atomic E-state index is 13.1. The molecule has 0 saturated heterocycles. The highest BCUT2D eigenvalue weighted by Gasteiger charge is 2.36. The van der Waals surface area contributed by atoms with Crippen molar-refractivity contribution in [2.75, 3.05) is 20.3 Å². The van der Waals surface area contributed by atoms with E-state index >= 15 is 0 Å². The number of aryl methyl sites for hydroxylation is 1. The molecule has 0 saturated carbocycles. The van der Waals surface area contributed by atoms with E-state index in [0.29, 0.717) is 12.8 Å². The third kappa shape index (κ3) is 5.81. The van der Waals surface area contributed by atoms with Crippen LogP contribution in [0.4, 0.5) is 13.2 Å². The Morgan fingerprint density at radius 2 is 1.82 bits per heavy atom. The summed E-state index contributed by atoms with van der Waals surface area (Å²) in [7, 11) is 1.65. The molecule has 204 valence electrons. The highest BCUT2D eigenvalue weighted by atomic mass is 19.4. The zero-order valence-electron chi connectivity index (χ0n) is 21.9. The van der Waals surface area contributed by atoms with Gasteiger partial charge < -0.3 is 14.5 Å². The molecule has 0 bridgehead atoms. The van der Waals surface area contributed by atoms with E-state index in [2.05, 4.69) is 9.88 Å². The molecule has 3 aromatic carbocycles. The number of aromatic nitrogens is 1. The number of hydrogen-bond acceptors (Lipinski definition) is 4. The van der Waals surface area contributed by atoms with Crippen molar-refractivity contribution in [2.24, 2.45) is 0 Å². The number of rotatable bonds is 8. The summed E-state index contributed by atoms with van der Waals surface area (Å²) in [6.45, 7) is 2.35. The van der Waals surface area contributed by atoms with Gasteiger partial charge in [0.15, 0.2) is 0 Å². The van der Waals surface area contributed by atoms with Gasteiger partial charge in [0.1, 0.15) is 12.4 Å². The number of benzene rings is 3. The minimum Gasteiger partial charge on any atom is -0.497 e. The van der Waals surface area contributed by atoms with Crippen molar-refractivity contribution in [2.45, 2.75) is 44.4 Å². The van der Waals surface area contributed by atoms with Crippen LogP contribution in [0.1, 0.15) is 53.4 Å². The Hall–Kier alpha value is -3.78. The van der Waals surface area contributed by atoms with E-state index in [1.54, 1.807) is 19.2 Å². The number of ether oxygens (including phenoxy) is 2. The second-order valence-electron chi connectivity index (χ2n) is 9.89. The number of halogens is 3. The molecule has 2 heterocycles. The fourth-order valence-corrected chi connectivity index (χ4v) is 5.59. The van der Waals surface area contributed by atoms with E-state index < -0.39 is 11.7 Å². The topological polar surface area (TPSA) is 54.6 Å². The number of aromatic amines is 1. The first-order chi connectivity index (χ1) is 18.7. The molecule has 1 aliphatic heterocycles. The van der Waals surface area contributed by atoms with E-state index in [1.807, 2.05) is 48.5 Å². The number of methoxy groups -OCH3 is 1. The van der Waals surface area contributed by atoms with E-state index in [0.717, 1.165) is 58.6 Å². The minimum atomic E-state index is -4.36. The molecule has 2 atom stereocenters. The van der Waals surface area contributed by atoms with Crippen molar-refractivity contribution in [3.63, 3.8) is 0 Å². The summed E-state index contributed by atoms with van der Waals surface area (Å²) in [5, 5.41) is 1.11. The standard InChI is InChI=1S/C31H31F3N2O3/c1-20(37)39-19-29(22-6-4-3-5-7-22)36-17-16-25-26-18-24(38-2)13-14-27(26)35-30(25)28(36)15-10-21-8-11-23(12-9-21)31(32,33)34/h3-9,11-14,18,28-29,35H,10,15-17,19H2,1-2H3. The number of nitrogens with zero attached hydrogens (tertiary/aromatic N) is 1. The first-order valence-electron chi connectivity index (χ1n) is 13.0. The molecule has 1 aromatic heterocycles. The van der Waals surface area contributed by atoms with Crippen LogP contribution in [0.3, 0.4) is 0 Å². The van der Waals surface area contributed by atoms with Gasteiger partial charge in [-0.3, -0.25) is 9.69 Å². The summed E-state index contributed by atoms with van der Waals surface area (Å²) in [5.74, 6) is 0.442. The molecule has 2 unspecified atom stereocenters. The first kappa shape index (κ1) is 26.8. The summed E-state index contributed by atoms with van der Waals surface area (Å²) >= 11 is 0. The lowest BCUT2D eigenvalue weighted by molar-refractivity contribution is -0.143. The Morgan fingerprint density at radius 1 is 1.08 bits per heavy atom. The van der Waals surface area contributed by atoms with Crippen LogP contribution < -0.4 is 4.74 Å². The smallest absolute Gasteiger partial charge is 0.416 e. The van der Waals surface area contributed by atoms with Crippen LogP contribution in [0.25, 0.3) is 10.9 Å². The average molecular weight is 537 g/mol. The van der Waals surface area contributed by atoms with Crippen molar-refractivity contribution in [1.82, 2.24) is 9.88 Å². The van der Waals surface area contributed by atoms with Gasteiger partial charge in [-0.15, -0.1) is 0 Å². The van der Waals surface area contributed by atoms with Gasteiger partial charge in [0, 0.05) is 30.1 Å². The Morgan fingerprint density at radius 3 is 2.49 bits per heavy atom. The molecule has 0 radical (unpaired) electrons. The van der Waals surface area contributed by atoms with E-state index in [9.17, 15) is 18.0 Å². The van der Waals surface area contributed by atoms with E-state index in [4.69, 9.17) is 9.47 Å². The maximum absolute atomic E-state index is 13.1. The Labute approximate surface area is 225 Å². The zero-order chi connectivity index (χ0) is 27.6. The van der Waals surface area contributed by atoms with Gasteiger partial charge >= 0.3 is 12.1 Å². The second kappa shape index (κ2) is 11.1. The fraction of sp³-hybridized carbons (Fsp3) is 0.323. The van der Waals surface area contributed by atoms with Crippen LogP contribution in [0.15, 0.2) is 72.8 Å². The molecular formula is C31H31F3N2O3. The molecular weight excluding hydrogens is 505 g/mol. The number of alkyl halides is 3. The molecule has 0 aliphatic carbocycles. The number of hydrogen-bond donors (Lipinski definition) is 1. The number of carbonyl (C=O) groups is 1. The normalized spacial score (nSPS) is 16.6. The SMILES string of the molecule is COc1ccc2[nH]c3c(c2c1)CCN(C(COC(C)=O)c1ccccc1)C3CCc1ccc(C(F)(F)F)cc1. The zero-order valence-corrected chi connectivity index (χ0v) is 21.9. The van der Waals surface area contributed by atoms with Crippen LogP contribution >= 0.6 is 0 Å². The van der Waals surface area contributed by atoms with E-state index in [-0.39, 0.29) is 24.7 Å². The molecule has 39 heavy (non-hydrogen) atoms. The predicted octanol–water partition coefficient (Wildman–Crippen LogP) is 7.03.